The smallest absolute Gasteiger partial charge is 0.161 e. The minimum atomic E-state index is -0.306. The molecule has 0 aliphatic rings. The predicted octanol–water partition coefficient (Wildman–Crippen LogP) is 4.62. The van der Waals surface area contributed by atoms with E-state index in [4.69, 9.17) is 21.1 Å². The Hall–Kier alpha value is -2.66. The summed E-state index contributed by atoms with van der Waals surface area (Å²) in [5.74, 6) is 1.32. The summed E-state index contributed by atoms with van der Waals surface area (Å²) in [6.07, 6.45) is 0. The maximum atomic E-state index is 13.1. The minimum Gasteiger partial charge on any atom is -0.493 e. The molecule has 122 valence electrons. The normalized spacial score (nSPS) is 10.5. The Morgan fingerprint density at radius 3 is 2.17 bits per heavy atom. The summed E-state index contributed by atoms with van der Waals surface area (Å²) in [5, 5.41) is 0.300. The summed E-state index contributed by atoms with van der Waals surface area (Å²) in [6, 6.07) is 13.1. The lowest BCUT2D eigenvalue weighted by atomic mass is 10.1. The Bertz CT molecular complexity index is 869. The SMILES string of the molecule is COc1ccc(-c2nc(Cl)cc(-c3ccc(F)cc3)n2)cc1OC. The lowest BCUT2D eigenvalue weighted by molar-refractivity contribution is 0.355. The van der Waals surface area contributed by atoms with E-state index in [0.717, 1.165) is 11.1 Å². The predicted molar refractivity (Wildman–Crippen MR) is 91.0 cm³/mol. The molecule has 1 heterocycles. The molecule has 0 spiro atoms. The van der Waals surface area contributed by atoms with Gasteiger partial charge < -0.3 is 9.47 Å². The first-order valence-corrected chi connectivity index (χ1v) is 7.51. The second-order valence-electron chi connectivity index (χ2n) is 4.98. The summed E-state index contributed by atoms with van der Waals surface area (Å²) in [6.45, 7) is 0. The summed E-state index contributed by atoms with van der Waals surface area (Å²) >= 11 is 6.13. The first-order valence-electron chi connectivity index (χ1n) is 7.13. The van der Waals surface area contributed by atoms with Gasteiger partial charge in [0.25, 0.3) is 0 Å². The number of nitrogens with zero attached hydrogens (tertiary/aromatic N) is 2. The van der Waals surface area contributed by atoms with E-state index in [2.05, 4.69) is 9.97 Å². The van der Waals surface area contributed by atoms with E-state index in [1.165, 1.54) is 12.1 Å². The Kier molecular flexibility index (Phi) is 4.62. The van der Waals surface area contributed by atoms with Gasteiger partial charge in [0.15, 0.2) is 17.3 Å². The first-order chi connectivity index (χ1) is 11.6. The first kappa shape index (κ1) is 16.2. The van der Waals surface area contributed by atoms with E-state index < -0.39 is 0 Å². The van der Waals surface area contributed by atoms with Gasteiger partial charge in [-0.15, -0.1) is 0 Å². The molecule has 0 amide bonds. The second kappa shape index (κ2) is 6.84. The van der Waals surface area contributed by atoms with Crippen molar-refractivity contribution >= 4 is 11.6 Å². The van der Waals surface area contributed by atoms with Crippen LogP contribution in [0.15, 0.2) is 48.5 Å². The molecule has 0 atom stereocenters. The molecule has 0 N–H and O–H groups in total. The highest BCUT2D eigenvalue weighted by Gasteiger charge is 2.11. The highest BCUT2D eigenvalue weighted by atomic mass is 35.5. The number of hydrogen-bond acceptors (Lipinski definition) is 4. The number of methoxy groups -OCH3 is 2. The monoisotopic (exact) mass is 344 g/mol. The standard InChI is InChI=1S/C18H14ClFN2O2/c1-23-15-8-5-12(9-16(15)24-2)18-21-14(10-17(19)22-18)11-3-6-13(20)7-4-11/h3-10H,1-2H3. The highest BCUT2D eigenvalue weighted by molar-refractivity contribution is 6.29. The molecule has 3 rings (SSSR count). The summed E-state index contributed by atoms with van der Waals surface area (Å²) < 4.78 is 23.6. The van der Waals surface area contributed by atoms with Crippen LogP contribution in [-0.4, -0.2) is 24.2 Å². The molecule has 2 aromatic carbocycles. The molecule has 0 bridgehead atoms. The van der Waals surface area contributed by atoms with E-state index >= 15 is 0 Å². The lowest BCUT2D eigenvalue weighted by Crippen LogP contribution is -1.95. The number of hydrogen-bond donors (Lipinski definition) is 0. The molecular formula is C18H14ClFN2O2. The highest BCUT2D eigenvalue weighted by Crippen LogP contribution is 2.32. The fourth-order valence-electron chi connectivity index (χ4n) is 2.29. The van der Waals surface area contributed by atoms with E-state index in [0.29, 0.717) is 28.2 Å². The van der Waals surface area contributed by atoms with E-state index in [-0.39, 0.29) is 5.82 Å². The molecule has 0 saturated carbocycles. The zero-order valence-electron chi connectivity index (χ0n) is 13.1. The topological polar surface area (TPSA) is 44.2 Å². The van der Waals surface area contributed by atoms with Crippen LogP contribution in [0, 0.1) is 5.82 Å². The average Bonchev–Trinajstić information content (AvgIpc) is 2.61. The molecule has 0 aliphatic carbocycles. The van der Waals surface area contributed by atoms with Crippen LogP contribution >= 0.6 is 11.6 Å². The van der Waals surface area contributed by atoms with Gasteiger partial charge in [-0.25, -0.2) is 14.4 Å². The van der Waals surface area contributed by atoms with Gasteiger partial charge in [0, 0.05) is 17.2 Å². The molecule has 0 aliphatic heterocycles. The van der Waals surface area contributed by atoms with E-state index in [1.54, 1.807) is 44.6 Å². The van der Waals surface area contributed by atoms with Crippen molar-refractivity contribution in [2.75, 3.05) is 14.2 Å². The molecule has 1 aromatic heterocycles. The van der Waals surface area contributed by atoms with Gasteiger partial charge in [0.1, 0.15) is 11.0 Å². The molecule has 3 aromatic rings. The quantitative estimate of drug-likeness (QED) is 0.648. The van der Waals surface area contributed by atoms with Gasteiger partial charge in [-0.05, 0) is 42.5 Å². The number of aromatic nitrogens is 2. The van der Waals surface area contributed by atoms with Crippen LogP contribution in [0.4, 0.5) is 4.39 Å². The molecule has 24 heavy (non-hydrogen) atoms. The fraction of sp³-hybridized carbons (Fsp3) is 0.111. The maximum Gasteiger partial charge on any atom is 0.161 e. The van der Waals surface area contributed by atoms with Gasteiger partial charge >= 0.3 is 0 Å². The van der Waals surface area contributed by atoms with Crippen molar-refractivity contribution < 1.29 is 13.9 Å². The van der Waals surface area contributed by atoms with Gasteiger partial charge in [-0.1, -0.05) is 11.6 Å². The number of rotatable bonds is 4. The van der Waals surface area contributed by atoms with Crippen molar-refractivity contribution in [1.82, 2.24) is 9.97 Å². The summed E-state index contributed by atoms with van der Waals surface area (Å²) in [5.41, 5.74) is 2.10. The van der Waals surface area contributed by atoms with E-state index in [1.807, 2.05) is 6.07 Å². The van der Waals surface area contributed by atoms with Gasteiger partial charge in [-0.3, -0.25) is 0 Å². The Labute approximate surface area is 143 Å². The lowest BCUT2D eigenvalue weighted by Gasteiger charge is -2.10. The molecule has 0 radical (unpaired) electrons. The maximum absolute atomic E-state index is 13.1. The van der Waals surface area contributed by atoms with Crippen LogP contribution < -0.4 is 9.47 Å². The number of benzene rings is 2. The van der Waals surface area contributed by atoms with Gasteiger partial charge in [0.2, 0.25) is 0 Å². The van der Waals surface area contributed by atoms with Crippen LogP contribution in [0.25, 0.3) is 22.6 Å². The molecule has 4 nitrogen and oxygen atoms in total. The van der Waals surface area contributed by atoms with Crippen molar-refractivity contribution in [3.05, 3.63) is 59.5 Å². The summed E-state index contributed by atoms with van der Waals surface area (Å²) in [7, 11) is 3.13. The minimum absolute atomic E-state index is 0.300. The summed E-state index contributed by atoms with van der Waals surface area (Å²) in [4.78, 5) is 8.78. The zero-order valence-corrected chi connectivity index (χ0v) is 13.8. The second-order valence-corrected chi connectivity index (χ2v) is 5.36. The van der Waals surface area contributed by atoms with Crippen molar-refractivity contribution in [2.24, 2.45) is 0 Å². The molecular weight excluding hydrogens is 331 g/mol. The van der Waals surface area contributed by atoms with Crippen molar-refractivity contribution in [2.45, 2.75) is 0 Å². The van der Waals surface area contributed by atoms with E-state index in [9.17, 15) is 4.39 Å². The van der Waals surface area contributed by atoms with Crippen molar-refractivity contribution in [1.29, 1.82) is 0 Å². The number of halogens is 2. The van der Waals surface area contributed by atoms with Crippen LogP contribution in [0.2, 0.25) is 5.15 Å². The third-order valence-electron chi connectivity index (χ3n) is 3.48. The number of ether oxygens (including phenoxy) is 2. The average molecular weight is 345 g/mol. The molecule has 0 unspecified atom stereocenters. The Morgan fingerprint density at radius 1 is 0.833 bits per heavy atom. The molecule has 0 fully saturated rings. The van der Waals surface area contributed by atoms with Crippen molar-refractivity contribution in [3.8, 4) is 34.1 Å². The fourth-order valence-corrected chi connectivity index (χ4v) is 2.47. The third kappa shape index (κ3) is 3.31. The van der Waals surface area contributed by atoms with Crippen LogP contribution in [-0.2, 0) is 0 Å². The van der Waals surface area contributed by atoms with Gasteiger partial charge in [0.05, 0.1) is 19.9 Å². The molecule has 0 saturated heterocycles. The van der Waals surface area contributed by atoms with Gasteiger partial charge in [-0.2, -0.15) is 0 Å². The van der Waals surface area contributed by atoms with Crippen molar-refractivity contribution in [3.63, 3.8) is 0 Å². The van der Waals surface area contributed by atoms with Crippen LogP contribution in [0.1, 0.15) is 0 Å². The third-order valence-corrected chi connectivity index (χ3v) is 3.67. The Balaban J connectivity index is 2.07. The Morgan fingerprint density at radius 2 is 1.50 bits per heavy atom. The van der Waals surface area contributed by atoms with Crippen LogP contribution in [0.5, 0.6) is 11.5 Å². The largest absolute Gasteiger partial charge is 0.493 e. The zero-order chi connectivity index (χ0) is 17.1. The molecule has 6 heteroatoms. The van der Waals surface area contributed by atoms with Crippen LogP contribution in [0.3, 0.4) is 0 Å².